The first kappa shape index (κ1) is 26.6. The number of benzene rings is 1. The average molecular weight is 474 g/mol. The van der Waals surface area contributed by atoms with Crippen LogP contribution in [0.25, 0.3) is 6.08 Å². The molecule has 1 aliphatic heterocycles. The predicted octanol–water partition coefficient (Wildman–Crippen LogP) is 2.49. The lowest BCUT2D eigenvalue weighted by Gasteiger charge is -2.22. The first-order chi connectivity index (χ1) is 15.9. The zero-order valence-corrected chi connectivity index (χ0v) is 20.4. The number of nitrogens with zero attached hydrogens (tertiary/aromatic N) is 3. The van der Waals surface area contributed by atoms with Crippen molar-refractivity contribution in [2.24, 2.45) is 9.98 Å². The number of phenolic OH excluding ortho intramolecular Hbond substituents is 1. The number of aromatic hydroxyl groups is 1. The highest BCUT2D eigenvalue weighted by atomic mass is 16.6. The summed E-state index contributed by atoms with van der Waals surface area (Å²) in [5, 5.41) is 9.92. The Hall–Kier alpha value is -3.69. The molecule has 0 spiro atoms. The molecular formula is C24H31N3O7. The molecule has 0 atom stereocenters. The summed E-state index contributed by atoms with van der Waals surface area (Å²) < 4.78 is 15.4. The Bertz CT molecular complexity index is 1040. The van der Waals surface area contributed by atoms with Crippen LogP contribution >= 0.6 is 0 Å². The second-order valence-electron chi connectivity index (χ2n) is 8.56. The molecule has 0 bridgehead atoms. The minimum absolute atomic E-state index is 0.0669. The van der Waals surface area contributed by atoms with Crippen LogP contribution in [0, 0.1) is 0 Å². The number of amidine groups is 1. The van der Waals surface area contributed by atoms with Crippen molar-refractivity contribution in [2.45, 2.75) is 46.6 Å². The quantitative estimate of drug-likeness (QED) is 0.266. The lowest BCUT2D eigenvalue weighted by molar-refractivity contribution is -0.156. The number of rotatable bonds is 8. The molecule has 0 aromatic heterocycles. The van der Waals surface area contributed by atoms with E-state index in [1.54, 1.807) is 52.8 Å². The molecule has 184 valence electrons. The number of carbonyl (C=O) groups is 3. The molecule has 1 heterocycles. The van der Waals surface area contributed by atoms with Gasteiger partial charge in [-0.05, 0) is 57.0 Å². The first-order valence-corrected chi connectivity index (χ1v) is 10.7. The third-order valence-corrected chi connectivity index (χ3v) is 4.60. The summed E-state index contributed by atoms with van der Waals surface area (Å²) in [7, 11) is 1.28. The summed E-state index contributed by atoms with van der Waals surface area (Å²) in [6.45, 7) is 8.40. The molecule has 1 aliphatic rings. The largest absolute Gasteiger partial charge is 0.508 e. The summed E-state index contributed by atoms with van der Waals surface area (Å²) in [5.41, 5.74) is 0.906. The van der Waals surface area contributed by atoms with Crippen LogP contribution in [0.3, 0.4) is 0 Å². The number of esters is 2. The van der Waals surface area contributed by atoms with E-state index in [1.165, 1.54) is 18.1 Å². The Morgan fingerprint density at radius 2 is 1.94 bits per heavy atom. The van der Waals surface area contributed by atoms with E-state index in [1.807, 2.05) is 0 Å². The number of phenols is 1. The fourth-order valence-electron chi connectivity index (χ4n) is 3.04. The van der Waals surface area contributed by atoms with Gasteiger partial charge in [0.15, 0.2) is 5.90 Å². The summed E-state index contributed by atoms with van der Waals surface area (Å²) >= 11 is 0. The number of aliphatic imine (C=N–C) groups is 2. The fraction of sp³-hybridized carbons (Fsp3) is 0.458. The minimum Gasteiger partial charge on any atom is -0.508 e. The zero-order valence-electron chi connectivity index (χ0n) is 20.4. The Morgan fingerprint density at radius 3 is 2.59 bits per heavy atom. The topological polar surface area (TPSA) is 127 Å². The number of carbonyl (C=O) groups excluding carboxylic acids is 3. The maximum Gasteiger partial charge on any atom is 0.327 e. The summed E-state index contributed by atoms with van der Waals surface area (Å²) in [4.78, 5) is 45.7. The lowest BCUT2D eigenvalue weighted by Crippen LogP contribution is -2.38. The van der Waals surface area contributed by atoms with Crippen molar-refractivity contribution >= 4 is 35.7 Å². The molecule has 0 unspecified atom stereocenters. The predicted molar refractivity (Wildman–Crippen MR) is 126 cm³/mol. The van der Waals surface area contributed by atoms with Gasteiger partial charge < -0.3 is 19.3 Å². The molecule has 1 aromatic carbocycles. The van der Waals surface area contributed by atoms with Gasteiger partial charge in [-0.2, -0.15) is 0 Å². The van der Waals surface area contributed by atoms with Crippen LogP contribution in [0.5, 0.6) is 5.75 Å². The van der Waals surface area contributed by atoms with Gasteiger partial charge in [0.1, 0.15) is 36.0 Å². The van der Waals surface area contributed by atoms with E-state index in [2.05, 4.69) is 14.7 Å². The van der Waals surface area contributed by atoms with E-state index in [-0.39, 0.29) is 31.1 Å². The normalized spacial score (nSPS) is 15.4. The van der Waals surface area contributed by atoms with Crippen molar-refractivity contribution in [3.05, 3.63) is 35.0 Å². The summed E-state index contributed by atoms with van der Waals surface area (Å²) in [6.07, 6.45) is 2.00. The first-order valence-electron chi connectivity index (χ1n) is 10.7. The molecule has 10 heteroatoms. The van der Waals surface area contributed by atoms with Gasteiger partial charge in [0.25, 0.3) is 5.91 Å². The molecule has 0 saturated carbocycles. The van der Waals surface area contributed by atoms with Crippen LogP contribution in [0.1, 0.15) is 45.7 Å². The van der Waals surface area contributed by atoms with E-state index in [0.29, 0.717) is 23.7 Å². The van der Waals surface area contributed by atoms with Gasteiger partial charge in [0, 0.05) is 13.3 Å². The van der Waals surface area contributed by atoms with Crippen LogP contribution in [0.4, 0.5) is 0 Å². The average Bonchev–Trinajstić information content (AvgIpc) is 2.99. The van der Waals surface area contributed by atoms with Crippen LogP contribution in [0.15, 0.2) is 33.9 Å². The Labute approximate surface area is 198 Å². The van der Waals surface area contributed by atoms with Crippen LogP contribution < -0.4 is 0 Å². The van der Waals surface area contributed by atoms with Crippen molar-refractivity contribution < 1.29 is 33.7 Å². The minimum atomic E-state index is -0.658. The van der Waals surface area contributed by atoms with Crippen molar-refractivity contribution in [1.82, 2.24) is 4.90 Å². The number of amides is 1. The maximum atomic E-state index is 12.9. The Kier molecular flexibility index (Phi) is 8.94. The number of ether oxygens (including phenoxy) is 3. The Morgan fingerprint density at radius 1 is 1.24 bits per heavy atom. The standard InChI is InChI=1S/C24H31N3O7/c1-15-26-20(23(31)27(15)14-22(30)34-24(3,4)5)12-17-7-8-19(28)11-18(17)9-10-33-16(2)25-13-21(29)32-6/h7-8,11-12,28H,9-10,13-14H2,1-6H3/b20-12-,25-16-. The molecule has 10 nitrogen and oxygen atoms in total. The van der Waals surface area contributed by atoms with E-state index in [0.717, 1.165) is 5.56 Å². The van der Waals surface area contributed by atoms with Crippen molar-refractivity contribution in [1.29, 1.82) is 0 Å². The van der Waals surface area contributed by atoms with Gasteiger partial charge in [-0.15, -0.1) is 0 Å². The van der Waals surface area contributed by atoms with Crippen molar-refractivity contribution in [2.75, 3.05) is 26.8 Å². The molecule has 0 aliphatic carbocycles. The monoisotopic (exact) mass is 473 g/mol. The van der Waals surface area contributed by atoms with Gasteiger partial charge in [-0.3, -0.25) is 19.3 Å². The summed E-state index contributed by atoms with van der Waals surface area (Å²) in [5.74, 6) is -0.620. The molecule has 1 N–H and O–H groups in total. The Balaban J connectivity index is 2.11. The van der Waals surface area contributed by atoms with Gasteiger partial charge >= 0.3 is 11.9 Å². The van der Waals surface area contributed by atoms with Gasteiger partial charge in [-0.25, -0.2) is 9.98 Å². The van der Waals surface area contributed by atoms with E-state index in [9.17, 15) is 19.5 Å². The molecule has 0 radical (unpaired) electrons. The second kappa shape index (κ2) is 11.4. The number of hydrogen-bond donors (Lipinski definition) is 1. The van der Waals surface area contributed by atoms with E-state index < -0.39 is 23.4 Å². The third-order valence-electron chi connectivity index (χ3n) is 4.60. The highest BCUT2D eigenvalue weighted by Gasteiger charge is 2.31. The highest BCUT2D eigenvalue weighted by Crippen LogP contribution is 2.24. The maximum absolute atomic E-state index is 12.9. The molecule has 0 saturated heterocycles. The van der Waals surface area contributed by atoms with Crippen molar-refractivity contribution in [3.63, 3.8) is 0 Å². The van der Waals surface area contributed by atoms with Crippen LogP contribution in [-0.4, -0.2) is 72.0 Å². The zero-order chi connectivity index (χ0) is 25.5. The SMILES string of the molecule is COC(=O)C/N=C(/C)OCCc1cc(O)ccc1/C=C1\N=C(C)N(CC(=O)OC(C)(C)C)C1=O. The van der Waals surface area contributed by atoms with Gasteiger partial charge in [0.2, 0.25) is 0 Å². The molecule has 34 heavy (non-hydrogen) atoms. The fourth-order valence-corrected chi connectivity index (χ4v) is 3.04. The molecule has 2 rings (SSSR count). The van der Waals surface area contributed by atoms with E-state index in [4.69, 9.17) is 9.47 Å². The third kappa shape index (κ3) is 8.02. The van der Waals surface area contributed by atoms with Crippen LogP contribution in [0.2, 0.25) is 0 Å². The smallest absolute Gasteiger partial charge is 0.327 e. The van der Waals surface area contributed by atoms with Crippen molar-refractivity contribution in [3.8, 4) is 5.75 Å². The number of hydrogen-bond acceptors (Lipinski definition) is 9. The lowest BCUT2D eigenvalue weighted by atomic mass is 10.0. The van der Waals surface area contributed by atoms with Gasteiger partial charge in [0.05, 0.1) is 13.7 Å². The van der Waals surface area contributed by atoms with Gasteiger partial charge in [-0.1, -0.05) is 6.07 Å². The summed E-state index contributed by atoms with van der Waals surface area (Å²) in [6, 6.07) is 4.75. The highest BCUT2D eigenvalue weighted by molar-refractivity contribution is 6.14. The molecule has 1 aromatic rings. The molecule has 1 amide bonds. The van der Waals surface area contributed by atoms with E-state index >= 15 is 0 Å². The van der Waals surface area contributed by atoms with Crippen LogP contribution in [-0.2, 0) is 35.0 Å². The number of methoxy groups -OCH3 is 1. The molecule has 0 fully saturated rings. The second-order valence-corrected chi connectivity index (χ2v) is 8.56. The molecular weight excluding hydrogens is 442 g/mol.